The van der Waals surface area contributed by atoms with E-state index < -0.39 is 16.1 Å². The first-order valence-corrected chi connectivity index (χ1v) is 7.69. The van der Waals surface area contributed by atoms with Gasteiger partial charge < -0.3 is 9.84 Å². The van der Waals surface area contributed by atoms with Crippen molar-refractivity contribution >= 4 is 10.0 Å². The fraction of sp³-hybridized carbons (Fsp3) is 0.538. The largest absolute Gasteiger partial charge is 0.394 e. The predicted octanol–water partition coefficient (Wildman–Crippen LogP) is 0.685. The topological polar surface area (TPSA) is 66.8 Å². The fourth-order valence-corrected chi connectivity index (χ4v) is 3.91. The molecular weight excluding hydrogens is 266 g/mol. The Labute approximate surface area is 113 Å². The smallest absolute Gasteiger partial charge is 0.243 e. The Kier molecular flexibility index (Phi) is 4.25. The molecular formula is C13H19NO4S. The van der Waals surface area contributed by atoms with Crippen molar-refractivity contribution in [2.75, 3.05) is 26.3 Å². The maximum absolute atomic E-state index is 12.6. The highest BCUT2D eigenvalue weighted by Gasteiger charge is 2.31. The second kappa shape index (κ2) is 5.58. The van der Waals surface area contributed by atoms with Gasteiger partial charge in [0.15, 0.2) is 0 Å². The van der Waals surface area contributed by atoms with Crippen LogP contribution in [0.2, 0.25) is 0 Å². The highest BCUT2D eigenvalue weighted by Crippen LogP contribution is 2.23. The zero-order valence-electron chi connectivity index (χ0n) is 11.2. The van der Waals surface area contributed by atoms with E-state index in [1.165, 1.54) is 4.31 Å². The first kappa shape index (κ1) is 14.5. The molecule has 2 rings (SSSR count). The molecule has 1 aliphatic heterocycles. The molecule has 0 aromatic heterocycles. The monoisotopic (exact) mass is 285 g/mol. The molecule has 1 heterocycles. The minimum atomic E-state index is -3.52. The summed E-state index contributed by atoms with van der Waals surface area (Å²) >= 11 is 0. The molecule has 1 atom stereocenters. The van der Waals surface area contributed by atoms with Crippen LogP contribution in [0.4, 0.5) is 0 Å². The van der Waals surface area contributed by atoms with Gasteiger partial charge in [0.25, 0.3) is 0 Å². The number of sulfonamides is 1. The summed E-state index contributed by atoms with van der Waals surface area (Å²) < 4.78 is 31.9. The SMILES string of the molecule is Cc1ccc(C)c(S(=O)(=O)N2CCOC(CO)C2)c1. The van der Waals surface area contributed by atoms with Gasteiger partial charge in [-0.05, 0) is 31.0 Å². The number of aliphatic hydroxyl groups is 1. The summed E-state index contributed by atoms with van der Waals surface area (Å²) in [6, 6.07) is 5.39. The van der Waals surface area contributed by atoms with E-state index in [1.54, 1.807) is 13.0 Å². The molecule has 0 radical (unpaired) electrons. The van der Waals surface area contributed by atoms with Crippen molar-refractivity contribution in [3.63, 3.8) is 0 Å². The maximum atomic E-state index is 12.6. The lowest BCUT2D eigenvalue weighted by atomic mass is 10.2. The van der Waals surface area contributed by atoms with Crippen LogP contribution in [0.1, 0.15) is 11.1 Å². The van der Waals surface area contributed by atoms with Gasteiger partial charge in [0.05, 0.1) is 24.2 Å². The normalized spacial score (nSPS) is 21.5. The molecule has 1 saturated heterocycles. The number of rotatable bonds is 3. The number of hydrogen-bond donors (Lipinski definition) is 1. The lowest BCUT2D eigenvalue weighted by Crippen LogP contribution is -2.46. The van der Waals surface area contributed by atoms with E-state index in [0.29, 0.717) is 18.0 Å². The molecule has 0 saturated carbocycles. The number of nitrogens with zero attached hydrogens (tertiary/aromatic N) is 1. The van der Waals surface area contributed by atoms with Gasteiger partial charge in [-0.25, -0.2) is 8.42 Å². The van der Waals surface area contributed by atoms with Crippen LogP contribution in [-0.2, 0) is 14.8 Å². The summed E-state index contributed by atoms with van der Waals surface area (Å²) in [5, 5.41) is 9.10. The van der Waals surface area contributed by atoms with Crippen molar-refractivity contribution in [1.82, 2.24) is 4.31 Å². The minimum absolute atomic E-state index is 0.168. The van der Waals surface area contributed by atoms with Gasteiger partial charge in [0.2, 0.25) is 10.0 Å². The van der Waals surface area contributed by atoms with Crippen molar-refractivity contribution in [2.45, 2.75) is 24.8 Å². The molecule has 1 N–H and O–H groups in total. The van der Waals surface area contributed by atoms with Crippen LogP contribution in [0.25, 0.3) is 0 Å². The van der Waals surface area contributed by atoms with Crippen LogP contribution in [0.3, 0.4) is 0 Å². The van der Waals surface area contributed by atoms with Gasteiger partial charge in [-0.15, -0.1) is 0 Å². The molecule has 1 aliphatic rings. The molecule has 0 aliphatic carbocycles. The molecule has 19 heavy (non-hydrogen) atoms. The van der Waals surface area contributed by atoms with Crippen molar-refractivity contribution in [3.05, 3.63) is 29.3 Å². The third-order valence-corrected chi connectivity index (χ3v) is 5.27. The van der Waals surface area contributed by atoms with Gasteiger partial charge in [-0.1, -0.05) is 12.1 Å². The van der Waals surface area contributed by atoms with Gasteiger partial charge in [0, 0.05) is 13.1 Å². The molecule has 1 fully saturated rings. The van der Waals surface area contributed by atoms with Gasteiger partial charge >= 0.3 is 0 Å². The fourth-order valence-electron chi connectivity index (χ4n) is 2.15. The zero-order chi connectivity index (χ0) is 14.0. The molecule has 0 amide bonds. The average Bonchev–Trinajstić information content (AvgIpc) is 2.41. The summed E-state index contributed by atoms with van der Waals surface area (Å²) in [4.78, 5) is 0.339. The summed E-state index contributed by atoms with van der Waals surface area (Å²) in [6.07, 6.45) is -0.436. The van der Waals surface area contributed by atoms with Crippen molar-refractivity contribution in [3.8, 4) is 0 Å². The Hall–Kier alpha value is -0.950. The molecule has 0 bridgehead atoms. The first-order valence-electron chi connectivity index (χ1n) is 6.25. The molecule has 6 heteroatoms. The number of benzene rings is 1. The third kappa shape index (κ3) is 2.97. The van der Waals surface area contributed by atoms with E-state index in [-0.39, 0.29) is 13.2 Å². The molecule has 1 unspecified atom stereocenters. The highest BCUT2D eigenvalue weighted by atomic mass is 32.2. The lowest BCUT2D eigenvalue weighted by molar-refractivity contribution is -0.0304. The predicted molar refractivity (Wildman–Crippen MR) is 71.5 cm³/mol. The van der Waals surface area contributed by atoms with E-state index >= 15 is 0 Å². The number of hydrogen-bond acceptors (Lipinski definition) is 4. The summed E-state index contributed by atoms with van der Waals surface area (Å²) in [7, 11) is -3.52. The Morgan fingerprint density at radius 1 is 1.42 bits per heavy atom. The molecule has 1 aromatic carbocycles. The van der Waals surface area contributed by atoms with E-state index in [0.717, 1.165) is 11.1 Å². The lowest BCUT2D eigenvalue weighted by Gasteiger charge is -2.31. The highest BCUT2D eigenvalue weighted by molar-refractivity contribution is 7.89. The quantitative estimate of drug-likeness (QED) is 0.887. The summed E-state index contributed by atoms with van der Waals surface area (Å²) in [6.45, 7) is 4.33. The van der Waals surface area contributed by atoms with Crippen LogP contribution in [-0.4, -0.2) is 50.2 Å². The van der Waals surface area contributed by atoms with Crippen molar-refractivity contribution in [2.24, 2.45) is 0 Å². The summed E-state index contributed by atoms with van der Waals surface area (Å²) in [5.74, 6) is 0. The van der Waals surface area contributed by atoms with Crippen molar-refractivity contribution in [1.29, 1.82) is 0 Å². The number of aliphatic hydroxyl groups excluding tert-OH is 1. The van der Waals surface area contributed by atoms with Gasteiger partial charge in [-0.3, -0.25) is 0 Å². The standard InChI is InChI=1S/C13H19NO4S/c1-10-3-4-11(2)13(7-10)19(16,17)14-5-6-18-12(8-14)9-15/h3-4,7,12,15H,5-6,8-9H2,1-2H3. The Morgan fingerprint density at radius 2 is 2.16 bits per heavy atom. The average molecular weight is 285 g/mol. The van der Waals surface area contributed by atoms with Crippen molar-refractivity contribution < 1.29 is 18.3 Å². The zero-order valence-corrected chi connectivity index (χ0v) is 12.0. The van der Waals surface area contributed by atoms with E-state index in [4.69, 9.17) is 9.84 Å². The number of ether oxygens (including phenoxy) is 1. The Balaban J connectivity index is 2.34. The van der Waals surface area contributed by atoms with Crippen LogP contribution in [0, 0.1) is 13.8 Å². The van der Waals surface area contributed by atoms with Gasteiger partial charge in [0.1, 0.15) is 0 Å². The van der Waals surface area contributed by atoms with E-state index in [2.05, 4.69) is 0 Å². The van der Waals surface area contributed by atoms with Crippen LogP contribution < -0.4 is 0 Å². The number of morpholine rings is 1. The number of aryl methyl sites for hydroxylation is 2. The van der Waals surface area contributed by atoms with E-state index in [9.17, 15) is 8.42 Å². The maximum Gasteiger partial charge on any atom is 0.243 e. The third-order valence-electron chi connectivity index (χ3n) is 3.27. The molecule has 0 spiro atoms. The van der Waals surface area contributed by atoms with Crippen LogP contribution >= 0.6 is 0 Å². The Morgan fingerprint density at radius 3 is 2.84 bits per heavy atom. The van der Waals surface area contributed by atoms with E-state index in [1.807, 2.05) is 19.1 Å². The second-order valence-electron chi connectivity index (χ2n) is 4.81. The molecule has 1 aromatic rings. The Bertz CT molecular complexity index is 556. The molecule has 5 nitrogen and oxygen atoms in total. The van der Waals surface area contributed by atoms with Crippen LogP contribution in [0.15, 0.2) is 23.1 Å². The van der Waals surface area contributed by atoms with Crippen LogP contribution in [0.5, 0.6) is 0 Å². The minimum Gasteiger partial charge on any atom is -0.394 e. The summed E-state index contributed by atoms with van der Waals surface area (Å²) in [5.41, 5.74) is 1.65. The molecule has 106 valence electrons. The van der Waals surface area contributed by atoms with Gasteiger partial charge in [-0.2, -0.15) is 4.31 Å². The first-order chi connectivity index (χ1) is 8.95. The second-order valence-corrected chi connectivity index (χ2v) is 6.71.